The Morgan fingerprint density at radius 2 is 1.73 bits per heavy atom. The number of hydrogen-bond acceptors (Lipinski definition) is 1. The molecular formula is C9H13ClO. The van der Waals surface area contributed by atoms with Gasteiger partial charge in [-0.1, -0.05) is 0 Å². The largest absolute Gasteiger partial charge is 0.281 e. The van der Waals surface area contributed by atoms with E-state index in [1.807, 2.05) is 0 Å². The van der Waals surface area contributed by atoms with Crippen LogP contribution in [-0.2, 0) is 4.79 Å². The standard InChI is InChI=1S/C9H13ClO/c10-9(11)5-8(6-1-2-6)7-3-4-7/h6-8H,1-5H2. The van der Waals surface area contributed by atoms with Crippen LogP contribution in [0.2, 0.25) is 0 Å². The molecule has 0 unspecified atom stereocenters. The second-order valence-corrected chi connectivity index (χ2v) is 4.32. The van der Waals surface area contributed by atoms with Gasteiger partial charge in [-0.3, -0.25) is 4.79 Å². The third-order valence-corrected chi connectivity index (χ3v) is 3.01. The molecule has 2 heteroatoms. The van der Waals surface area contributed by atoms with Gasteiger partial charge in [0.25, 0.3) is 0 Å². The molecule has 1 nitrogen and oxygen atoms in total. The maximum atomic E-state index is 10.7. The maximum Gasteiger partial charge on any atom is 0.221 e. The summed E-state index contributed by atoms with van der Waals surface area (Å²) in [6.45, 7) is 0. The van der Waals surface area contributed by atoms with E-state index in [-0.39, 0.29) is 5.24 Å². The Balaban J connectivity index is 1.86. The molecule has 0 radical (unpaired) electrons. The van der Waals surface area contributed by atoms with Crippen molar-refractivity contribution in [2.24, 2.45) is 17.8 Å². The van der Waals surface area contributed by atoms with Crippen molar-refractivity contribution in [1.29, 1.82) is 0 Å². The van der Waals surface area contributed by atoms with Crippen LogP contribution >= 0.6 is 11.6 Å². The smallest absolute Gasteiger partial charge is 0.221 e. The van der Waals surface area contributed by atoms with E-state index >= 15 is 0 Å². The SMILES string of the molecule is O=C(Cl)CC(C1CC1)C1CC1. The van der Waals surface area contributed by atoms with Gasteiger partial charge in [-0.2, -0.15) is 0 Å². The summed E-state index contributed by atoms with van der Waals surface area (Å²) in [5, 5.41) is -0.131. The van der Waals surface area contributed by atoms with Gasteiger partial charge in [0.05, 0.1) is 0 Å². The van der Waals surface area contributed by atoms with Gasteiger partial charge in [0, 0.05) is 6.42 Å². The summed E-state index contributed by atoms with van der Waals surface area (Å²) >= 11 is 5.38. The zero-order valence-corrected chi connectivity index (χ0v) is 7.31. The molecule has 0 bridgehead atoms. The summed E-state index contributed by atoms with van der Waals surface area (Å²) in [5.74, 6) is 2.36. The first kappa shape index (κ1) is 7.60. The molecule has 0 spiro atoms. The quantitative estimate of drug-likeness (QED) is 0.596. The first-order valence-corrected chi connectivity index (χ1v) is 4.83. The molecule has 0 aromatic heterocycles. The van der Waals surface area contributed by atoms with Crippen molar-refractivity contribution in [3.05, 3.63) is 0 Å². The van der Waals surface area contributed by atoms with Gasteiger partial charge in [-0.25, -0.2) is 0 Å². The van der Waals surface area contributed by atoms with Crippen LogP contribution in [0.3, 0.4) is 0 Å². The molecular weight excluding hydrogens is 160 g/mol. The van der Waals surface area contributed by atoms with Crippen molar-refractivity contribution in [1.82, 2.24) is 0 Å². The lowest BCUT2D eigenvalue weighted by Gasteiger charge is -2.11. The summed E-state index contributed by atoms with van der Waals surface area (Å²) in [4.78, 5) is 10.7. The van der Waals surface area contributed by atoms with E-state index in [4.69, 9.17) is 11.6 Å². The topological polar surface area (TPSA) is 17.1 Å². The molecule has 2 rings (SSSR count). The molecule has 2 aliphatic rings. The summed E-state index contributed by atoms with van der Waals surface area (Å²) in [6, 6.07) is 0. The van der Waals surface area contributed by atoms with E-state index in [1.165, 1.54) is 25.7 Å². The van der Waals surface area contributed by atoms with Crippen LogP contribution in [-0.4, -0.2) is 5.24 Å². The molecule has 2 fully saturated rings. The van der Waals surface area contributed by atoms with Crippen LogP contribution in [0.4, 0.5) is 0 Å². The molecule has 0 aliphatic heterocycles. The molecule has 2 saturated carbocycles. The number of hydrogen-bond donors (Lipinski definition) is 0. The predicted octanol–water partition coefficient (Wildman–Crippen LogP) is 2.58. The summed E-state index contributed by atoms with van der Waals surface area (Å²) < 4.78 is 0. The highest BCUT2D eigenvalue weighted by Gasteiger charge is 2.41. The predicted molar refractivity (Wildman–Crippen MR) is 44.4 cm³/mol. The van der Waals surface area contributed by atoms with Gasteiger partial charge in [0.15, 0.2) is 0 Å². The molecule has 62 valence electrons. The Labute approximate surface area is 72.1 Å². The highest BCUT2D eigenvalue weighted by Crippen LogP contribution is 2.50. The van der Waals surface area contributed by atoms with Gasteiger partial charge >= 0.3 is 0 Å². The molecule has 0 N–H and O–H groups in total. The van der Waals surface area contributed by atoms with Crippen LogP contribution in [0.15, 0.2) is 0 Å². The van der Waals surface area contributed by atoms with Gasteiger partial charge in [0.2, 0.25) is 5.24 Å². The van der Waals surface area contributed by atoms with E-state index in [1.54, 1.807) is 0 Å². The average molecular weight is 173 g/mol. The van der Waals surface area contributed by atoms with Crippen molar-refractivity contribution < 1.29 is 4.79 Å². The first-order chi connectivity index (χ1) is 5.27. The summed E-state index contributed by atoms with van der Waals surface area (Å²) in [5.41, 5.74) is 0. The van der Waals surface area contributed by atoms with Crippen molar-refractivity contribution in [3.63, 3.8) is 0 Å². The lowest BCUT2D eigenvalue weighted by molar-refractivity contribution is -0.112. The zero-order valence-electron chi connectivity index (χ0n) is 6.55. The molecule has 0 aromatic rings. The van der Waals surface area contributed by atoms with Crippen molar-refractivity contribution in [3.8, 4) is 0 Å². The Morgan fingerprint density at radius 1 is 1.27 bits per heavy atom. The van der Waals surface area contributed by atoms with E-state index in [0.717, 1.165) is 11.8 Å². The van der Waals surface area contributed by atoms with E-state index in [9.17, 15) is 4.79 Å². The monoisotopic (exact) mass is 172 g/mol. The van der Waals surface area contributed by atoms with Crippen LogP contribution < -0.4 is 0 Å². The lowest BCUT2D eigenvalue weighted by Crippen LogP contribution is -2.08. The highest BCUT2D eigenvalue weighted by atomic mass is 35.5. The number of rotatable bonds is 4. The minimum atomic E-state index is -0.131. The van der Waals surface area contributed by atoms with Crippen LogP contribution in [0.5, 0.6) is 0 Å². The summed E-state index contributed by atoms with van der Waals surface area (Å²) in [7, 11) is 0. The number of carbonyl (C=O) groups excluding carboxylic acids is 1. The molecule has 0 saturated heterocycles. The van der Waals surface area contributed by atoms with Gasteiger partial charge in [-0.15, -0.1) is 0 Å². The third kappa shape index (κ3) is 1.96. The van der Waals surface area contributed by atoms with Crippen molar-refractivity contribution >= 4 is 16.8 Å². The van der Waals surface area contributed by atoms with Gasteiger partial charge in [0.1, 0.15) is 0 Å². The fourth-order valence-corrected chi connectivity index (χ4v) is 2.13. The average Bonchev–Trinajstić information content (AvgIpc) is 2.79. The van der Waals surface area contributed by atoms with Crippen LogP contribution in [0, 0.1) is 17.8 Å². The maximum absolute atomic E-state index is 10.7. The molecule has 0 heterocycles. The Bertz CT molecular complexity index is 158. The highest BCUT2D eigenvalue weighted by molar-refractivity contribution is 6.63. The number of carbonyl (C=O) groups is 1. The van der Waals surface area contributed by atoms with E-state index in [2.05, 4.69) is 0 Å². The molecule has 11 heavy (non-hydrogen) atoms. The minimum absolute atomic E-state index is 0.131. The van der Waals surface area contributed by atoms with Gasteiger partial charge in [-0.05, 0) is 55.0 Å². The third-order valence-electron chi connectivity index (χ3n) is 2.85. The Kier molecular flexibility index (Phi) is 1.92. The van der Waals surface area contributed by atoms with Crippen molar-refractivity contribution in [2.75, 3.05) is 0 Å². The molecule has 0 amide bonds. The fraction of sp³-hybridized carbons (Fsp3) is 0.889. The second kappa shape index (κ2) is 2.78. The normalized spacial score (nSPS) is 24.2. The fourth-order valence-electron chi connectivity index (χ4n) is 1.95. The Morgan fingerprint density at radius 3 is 2.00 bits per heavy atom. The zero-order chi connectivity index (χ0) is 7.84. The first-order valence-electron chi connectivity index (χ1n) is 4.45. The minimum Gasteiger partial charge on any atom is -0.281 e. The van der Waals surface area contributed by atoms with E-state index in [0.29, 0.717) is 12.3 Å². The summed E-state index contributed by atoms with van der Waals surface area (Å²) in [6.07, 6.45) is 5.99. The van der Waals surface area contributed by atoms with Crippen molar-refractivity contribution in [2.45, 2.75) is 32.1 Å². The molecule has 2 aliphatic carbocycles. The molecule has 0 aromatic carbocycles. The van der Waals surface area contributed by atoms with Crippen LogP contribution in [0.25, 0.3) is 0 Å². The van der Waals surface area contributed by atoms with E-state index < -0.39 is 0 Å². The lowest BCUT2D eigenvalue weighted by atomic mass is 9.95. The Hall–Kier alpha value is -0.0400. The second-order valence-electron chi connectivity index (χ2n) is 3.90. The van der Waals surface area contributed by atoms with Crippen LogP contribution in [0.1, 0.15) is 32.1 Å². The molecule has 0 atom stereocenters. The van der Waals surface area contributed by atoms with Gasteiger partial charge < -0.3 is 0 Å². The number of halogens is 1.